The highest BCUT2D eigenvalue weighted by atomic mass is 16.2. The first-order valence-corrected chi connectivity index (χ1v) is 10.5. The number of hydrogen-bond acceptors (Lipinski definition) is 4. The van der Waals surface area contributed by atoms with Crippen molar-refractivity contribution in [3.8, 4) is 0 Å². The van der Waals surface area contributed by atoms with E-state index in [0.29, 0.717) is 11.6 Å². The number of likely N-dealkylation sites (tertiary alicyclic amines) is 1. The first-order valence-electron chi connectivity index (χ1n) is 10.5. The van der Waals surface area contributed by atoms with Crippen LogP contribution in [0.1, 0.15) is 73.0 Å². The number of aromatic nitrogens is 5. The molecule has 27 heavy (non-hydrogen) atoms. The van der Waals surface area contributed by atoms with Gasteiger partial charge in [0.25, 0.3) is 5.91 Å². The minimum atomic E-state index is 0.114. The van der Waals surface area contributed by atoms with Crippen molar-refractivity contribution in [2.45, 2.75) is 71.3 Å². The number of carbonyl (C=O) groups excluding carboxylic acids is 1. The molecular formula is C20H30N6O. The Morgan fingerprint density at radius 1 is 1.19 bits per heavy atom. The summed E-state index contributed by atoms with van der Waals surface area (Å²) < 4.78 is 2.11. The smallest absolute Gasteiger partial charge is 0.274 e. The van der Waals surface area contributed by atoms with Crippen LogP contribution in [0.3, 0.4) is 0 Å². The van der Waals surface area contributed by atoms with Gasteiger partial charge < -0.3 is 9.47 Å². The second-order valence-electron chi connectivity index (χ2n) is 7.92. The molecule has 1 aliphatic carbocycles. The number of aromatic amines is 1. The first-order chi connectivity index (χ1) is 13.3. The minimum absolute atomic E-state index is 0.114. The Kier molecular flexibility index (Phi) is 5.55. The van der Waals surface area contributed by atoms with Crippen molar-refractivity contribution in [3.05, 3.63) is 29.1 Å². The highest BCUT2D eigenvalue weighted by Crippen LogP contribution is 2.25. The third-order valence-corrected chi connectivity index (χ3v) is 6.17. The molecule has 1 aliphatic heterocycles. The van der Waals surface area contributed by atoms with Crippen LogP contribution in [0.15, 0.2) is 6.33 Å². The maximum Gasteiger partial charge on any atom is 0.274 e. The van der Waals surface area contributed by atoms with Crippen molar-refractivity contribution in [2.75, 3.05) is 13.1 Å². The van der Waals surface area contributed by atoms with Gasteiger partial charge in [-0.2, -0.15) is 5.10 Å². The summed E-state index contributed by atoms with van der Waals surface area (Å²) in [6.45, 7) is 4.64. The van der Waals surface area contributed by atoms with Gasteiger partial charge in [0.05, 0.1) is 0 Å². The Morgan fingerprint density at radius 3 is 2.74 bits per heavy atom. The van der Waals surface area contributed by atoms with Crippen LogP contribution in [0.25, 0.3) is 0 Å². The van der Waals surface area contributed by atoms with Crippen LogP contribution in [-0.2, 0) is 25.8 Å². The van der Waals surface area contributed by atoms with Crippen molar-refractivity contribution in [1.29, 1.82) is 0 Å². The van der Waals surface area contributed by atoms with E-state index in [9.17, 15) is 4.79 Å². The normalized spacial score (nSPS) is 18.8. The number of H-pyrrole nitrogens is 1. The number of aryl methyl sites for hydroxylation is 2. The fourth-order valence-electron chi connectivity index (χ4n) is 4.46. The topological polar surface area (TPSA) is 79.7 Å². The standard InChI is InChI=1S/C20H30N6O/c1-2-25-14-21-23-18(25)13-15-9-11-26(12-10-15)20(27)19-16-7-5-3-4-6-8-17(16)22-24-19/h14-15H,2-13H2,1H3,(H,22,24). The van der Waals surface area contributed by atoms with E-state index in [4.69, 9.17) is 0 Å². The molecule has 0 bridgehead atoms. The van der Waals surface area contributed by atoms with Gasteiger partial charge in [0.2, 0.25) is 0 Å². The average molecular weight is 371 g/mol. The molecule has 7 nitrogen and oxygen atoms in total. The maximum absolute atomic E-state index is 13.1. The van der Waals surface area contributed by atoms with Gasteiger partial charge in [-0.05, 0) is 51.4 Å². The molecule has 0 unspecified atom stereocenters. The summed E-state index contributed by atoms with van der Waals surface area (Å²) in [5.74, 6) is 1.75. The summed E-state index contributed by atoms with van der Waals surface area (Å²) in [4.78, 5) is 15.1. The molecule has 1 N–H and O–H groups in total. The average Bonchev–Trinajstić information content (AvgIpc) is 3.28. The largest absolute Gasteiger partial charge is 0.337 e. The maximum atomic E-state index is 13.1. The molecule has 0 radical (unpaired) electrons. The van der Waals surface area contributed by atoms with Crippen molar-refractivity contribution < 1.29 is 4.79 Å². The Morgan fingerprint density at radius 2 is 1.96 bits per heavy atom. The number of fused-ring (bicyclic) bond motifs is 1. The van der Waals surface area contributed by atoms with E-state index in [1.807, 2.05) is 4.90 Å². The first kappa shape index (κ1) is 18.2. The number of amides is 1. The van der Waals surface area contributed by atoms with Crippen molar-refractivity contribution in [1.82, 2.24) is 29.9 Å². The molecule has 4 rings (SSSR count). The van der Waals surface area contributed by atoms with Crippen molar-refractivity contribution in [2.24, 2.45) is 5.92 Å². The van der Waals surface area contributed by atoms with Gasteiger partial charge in [0, 0.05) is 37.3 Å². The van der Waals surface area contributed by atoms with Gasteiger partial charge in [0.15, 0.2) is 5.69 Å². The van der Waals surface area contributed by atoms with Crippen molar-refractivity contribution >= 4 is 5.91 Å². The molecule has 3 heterocycles. The SMILES string of the molecule is CCn1cnnc1CC1CCN(C(=O)c2n[nH]c3c2CCCCCC3)CC1. The fourth-order valence-corrected chi connectivity index (χ4v) is 4.46. The quantitative estimate of drug-likeness (QED) is 0.897. The Hall–Kier alpha value is -2.18. The lowest BCUT2D eigenvalue weighted by Crippen LogP contribution is -2.39. The zero-order chi connectivity index (χ0) is 18.6. The molecule has 1 amide bonds. The lowest BCUT2D eigenvalue weighted by atomic mass is 9.92. The van der Waals surface area contributed by atoms with E-state index >= 15 is 0 Å². The lowest BCUT2D eigenvalue weighted by Gasteiger charge is -2.31. The highest BCUT2D eigenvalue weighted by Gasteiger charge is 2.28. The molecule has 0 aromatic carbocycles. The van der Waals surface area contributed by atoms with Crippen LogP contribution in [-0.4, -0.2) is 48.9 Å². The van der Waals surface area contributed by atoms with Gasteiger partial charge in [0.1, 0.15) is 12.2 Å². The lowest BCUT2D eigenvalue weighted by molar-refractivity contribution is 0.0682. The monoisotopic (exact) mass is 370 g/mol. The molecule has 1 saturated heterocycles. The number of rotatable bonds is 4. The van der Waals surface area contributed by atoms with Gasteiger partial charge >= 0.3 is 0 Å². The third-order valence-electron chi connectivity index (χ3n) is 6.17. The van der Waals surface area contributed by atoms with Gasteiger partial charge in [-0.1, -0.05) is 12.8 Å². The van der Waals surface area contributed by atoms with Crippen molar-refractivity contribution in [3.63, 3.8) is 0 Å². The molecule has 1 fully saturated rings. The third kappa shape index (κ3) is 3.92. The van der Waals surface area contributed by atoms with Crippen LogP contribution in [0.4, 0.5) is 0 Å². The van der Waals surface area contributed by atoms with E-state index in [1.165, 1.54) is 30.5 Å². The zero-order valence-corrected chi connectivity index (χ0v) is 16.3. The van der Waals surface area contributed by atoms with Crippen LogP contribution in [0, 0.1) is 5.92 Å². The Balaban J connectivity index is 1.37. The number of nitrogens with one attached hydrogen (secondary N) is 1. The summed E-state index contributed by atoms with van der Waals surface area (Å²) in [6.07, 6.45) is 11.7. The number of piperidine rings is 1. The molecule has 146 valence electrons. The van der Waals surface area contributed by atoms with Gasteiger partial charge in [-0.25, -0.2) is 0 Å². The molecule has 0 atom stereocenters. The minimum Gasteiger partial charge on any atom is -0.337 e. The van der Waals surface area contributed by atoms with E-state index < -0.39 is 0 Å². The van der Waals surface area contributed by atoms with E-state index in [0.717, 1.165) is 64.0 Å². The summed E-state index contributed by atoms with van der Waals surface area (Å²) >= 11 is 0. The summed E-state index contributed by atoms with van der Waals surface area (Å²) in [6, 6.07) is 0. The number of hydrogen-bond donors (Lipinski definition) is 1. The summed E-state index contributed by atoms with van der Waals surface area (Å²) in [5.41, 5.74) is 3.04. The predicted molar refractivity (Wildman–Crippen MR) is 102 cm³/mol. The summed E-state index contributed by atoms with van der Waals surface area (Å²) in [5, 5.41) is 15.9. The van der Waals surface area contributed by atoms with Crippen LogP contribution in [0.2, 0.25) is 0 Å². The van der Waals surface area contributed by atoms with Gasteiger partial charge in [-0.3, -0.25) is 9.89 Å². The van der Waals surface area contributed by atoms with E-state index in [2.05, 4.69) is 31.9 Å². The van der Waals surface area contributed by atoms with Crippen LogP contribution < -0.4 is 0 Å². The Bertz CT molecular complexity index is 771. The van der Waals surface area contributed by atoms with Crippen LogP contribution >= 0.6 is 0 Å². The molecule has 0 saturated carbocycles. The Labute approximate surface area is 160 Å². The van der Waals surface area contributed by atoms with Gasteiger partial charge in [-0.15, -0.1) is 10.2 Å². The molecule has 0 spiro atoms. The molecule has 7 heteroatoms. The summed E-state index contributed by atoms with van der Waals surface area (Å²) in [7, 11) is 0. The predicted octanol–water partition coefficient (Wildman–Crippen LogP) is 2.78. The molecule has 2 aliphatic rings. The zero-order valence-electron chi connectivity index (χ0n) is 16.3. The van der Waals surface area contributed by atoms with E-state index in [-0.39, 0.29) is 5.91 Å². The molecule has 2 aromatic rings. The molecular weight excluding hydrogens is 340 g/mol. The second kappa shape index (κ2) is 8.23. The highest BCUT2D eigenvalue weighted by molar-refractivity contribution is 5.94. The molecule has 2 aromatic heterocycles. The number of carbonyl (C=O) groups is 1. The van der Waals surface area contributed by atoms with Crippen LogP contribution in [0.5, 0.6) is 0 Å². The second-order valence-corrected chi connectivity index (χ2v) is 7.92. The van der Waals surface area contributed by atoms with E-state index in [1.54, 1.807) is 6.33 Å². The number of nitrogens with zero attached hydrogens (tertiary/aromatic N) is 5. The fraction of sp³-hybridized carbons (Fsp3) is 0.700.